The van der Waals surface area contributed by atoms with Gasteiger partial charge >= 0.3 is 6.18 Å². The van der Waals surface area contributed by atoms with Crippen molar-refractivity contribution in [3.8, 4) is 0 Å². The number of hydrogen-bond donors (Lipinski definition) is 2. The second kappa shape index (κ2) is 6.74. The Hall–Kier alpha value is -1.56. The van der Waals surface area contributed by atoms with Crippen molar-refractivity contribution in [3.63, 3.8) is 0 Å². The highest BCUT2D eigenvalue weighted by Gasteiger charge is 2.27. The van der Waals surface area contributed by atoms with Gasteiger partial charge in [-0.3, -0.25) is 4.79 Å². The van der Waals surface area contributed by atoms with Crippen LogP contribution in [0.1, 0.15) is 29.7 Å². The smallest absolute Gasteiger partial charge is 0.346 e. The van der Waals surface area contributed by atoms with Gasteiger partial charge < -0.3 is 10.6 Å². The molecule has 20 heavy (non-hydrogen) atoms. The SMILES string of the molecule is Cc1ccc([C@@H](C)NCC(=O)NCC(F)(F)F)c(C)c1. The van der Waals surface area contributed by atoms with Gasteiger partial charge in [-0.1, -0.05) is 23.8 Å². The molecule has 0 radical (unpaired) electrons. The zero-order valence-electron chi connectivity index (χ0n) is 11.8. The van der Waals surface area contributed by atoms with Crippen molar-refractivity contribution in [2.75, 3.05) is 13.1 Å². The number of aryl methyl sites for hydroxylation is 2. The van der Waals surface area contributed by atoms with Crippen molar-refractivity contribution < 1.29 is 18.0 Å². The summed E-state index contributed by atoms with van der Waals surface area (Å²) in [6.07, 6.45) is -4.38. The van der Waals surface area contributed by atoms with Crippen molar-refractivity contribution in [1.82, 2.24) is 10.6 Å². The van der Waals surface area contributed by atoms with E-state index in [1.165, 1.54) is 0 Å². The van der Waals surface area contributed by atoms with Crippen LogP contribution in [-0.2, 0) is 4.79 Å². The topological polar surface area (TPSA) is 41.1 Å². The Morgan fingerprint density at radius 2 is 1.95 bits per heavy atom. The van der Waals surface area contributed by atoms with Gasteiger partial charge in [0.1, 0.15) is 6.54 Å². The third-order valence-electron chi connectivity index (χ3n) is 2.95. The van der Waals surface area contributed by atoms with Gasteiger partial charge in [0.15, 0.2) is 0 Å². The van der Waals surface area contributed by atoms with Crippen LogP contribution in [0.25, 0.3) is 0 Å². The van der Waals surface area contributed by atoms with E-state index in [0.717, 1.165) is 16.7 Å². The number of carbonyl (C=O) groups excluding carboxylic acids is 1. The van der Waals surface area contributed by atoms with Crippen LogP contribution in [-0.4, -0.2) is 25.2 Å². The lowest BCUT2D eigenvalue weighted by molar-refractivity contribution is -0.137. The van der Waals surface area contributed by atoms with Gasteiger partial charge in [-0.2, -0.15) is 13.2 Å². The molecule has 1 aromatic carbocycles. The minimum absolute atomic E-state index is 0.104. The maximum atomic E-state index is 11.9. The summed E-state index contributed by atoms with van der Waals surface area (Å²) >= 11 is 0. The van der Waals surface area contributed by atoms with Crippen LogP contribution in [0.3, 0.4) is 0 Å². The lowest BCUT2D eigenvalue weighted by Crippen LogP contribution is -2.39. The largest absolute Gasteiger partial charge is 0.405 e. The Balaban J connectivity index is 2.47. The van der Waals surface area contributed by atoms with Crippen LogP contribution >= 0.6 is 0 Å². The summed E-state index contributed by atoms with van der Waals surface area (Å²) in [7, 11) is 0. The summed E-state index contributed by atoms with van der Waals surface area (Å²) in [6, 6.07) is 5.84. The van der Waals surface area contributed by atoms with Crippen LogP contribution in [0.5, 0.6) is 0 Å². The number of rotatable bonds is 5. The molecule has 1 amide bonds. The Morgan fingerprint density at radius 3 is 2.50 bits per heavy atom. The second-order valence-corrected chi connectivity index (χ2v) is 4.85. The van der Waals surface area contributed by atoms with Crippen LogP contribution in [0.4, 0.5) is 13.2 Å². The van der Waals surface area contributed by atoms with Crippen LogP contribution < -0.4 is 10.6 Å². The summed E-state index contributed by atoms with van der Waals surface area (Å²) in [5.74, 6) is -0.668. The minimum atomic E-state index is -4.38. The minimum Gasteiger partial charge on any atom is -0.346 e. The maximum Gasteiger partial charge on any atom is 0.405 e. The van der Waals surface area contributed by atoms with Crippen molar-refractivity contribution in [3.05, 3.63) is 34.9 Å². The second-order valence-electron chi connectivity index (χ2n) is 4.85. The first kappa shape index (κ1) is 16.5. The fraction of sp³-hybridized carbons (Fsp3) is 0.500. The quantitative estimate of drug-likeness (QED) is 0.874. The number of amides is 1. The molecule has 0 aromatic heterocycles. The normalized spacial score (nSPS) is 13.1. The maximum absolute atomic E-state index is 11.9. The molecule has 2 N–H and O–H groups in total. The molecule has 0 fully saturated rings. The molecule has 112 valence electrons. The monoisotopic (exact) mass is 288 g/mol. The molecule has 6 heteroatoms. The van der Waals surface area contributed by atoms with E-state index in [9.17, 15) is 18.0 Å². The van der Waals surface area contributed by atoms with Crippen LogP contribution in [0, 0.1) is 13.8 Å². The van der Waals surface area contributed by atoms with Gasteiger partial charge in [-0.25, -0.2) is 0 Å². The van der Waals surface area contributed by atoms with Crippen molar-refractivity contribution in [1.29, 1.82) is 0 Å². The zero-order valence-corrected chi connectivity index (χ0v) is 11.8. The van der Waals surface area contributed by atoms with E-state index >= 15 is 0 Å². The van der Waals surface area contributed by atoms with E-state index in [-0.39, 0.29) is 12.6 Å². The number of nitrogens with one attached hydrogen (secondary N) is 2. The summed E-state index contributed by atoms with van der Waals surface area (Å²) in [5, 5.41) is 4.74. The van der Waals surface area contributed by atoms with Gasteiger partial charge in [0, 0.05) is 6.04 Å². The number of halogens is 3. The molecule has 3 nitrogen and oxygen atoms in total. The van der Waals surface area contributed by atoms with Crippen LogP contribution in [0.2, 0.25) is 0 Å². The van der Waals surface area contributed by atoms with Gasteiger partial charge in [0.2, 0.25) is 5.91 Å². The molecular weight excluding hydrogens is 269 g/mol. The predicted octanol–water partition coefficient (Wildman–Crippen LogP) is 2.63. The fourth-order valence-corrected chi connectivity index (χ4v) is 1.93. The fourth-order valence-electron chi connectivity index (χ4n) is 1.93. The molecule has 0 unspecified atom stereocenters. The molecule has 0 aliphatic rings. The summed E-state index contributed by atoms with van der Waals surface area (Å²) in [5.41, 5.74) is 3.25. The molecule has 0 aliphatic carbocycles. The van der Waals surface area contributed by atoms with E-state index in [1.807, 2.05) is 44.3 Å². The average molecular weight is 288 g/mol. The molecule has 1 aromatic rings. The van der Waals surface area contributed by atoms with Crippen molar-refractivity contribution >= 4 is 5.91 Å². The van der Waals surface area contributed by atoms with Gasteiger partial charge in [-0.05, 0) is 31.9 Å². The summed E-state index contributed by atoms with van der Waals surface area (Å²) in [6.45, 7) is 4.37. The van der Waals surface area contributed by atoms with E-state index in [0.29, 0.717) is 0 Å². The molecule has 0 bridgehead atoms. The molecule has 0 heterocycles. The van der Waals surface area contributed by atoms with E-state index < -0.39 is 18.6 Å². The zero-order chi connectivity index (χ0) is 15.3. The highest BCUT2D eigenvalue weighted by atomic mass is 19.4. The average Bonchev–Trinajstić information content (AvgIpc) is 2.32. The first-order chi connectivity index (χ1) is 9.19. The van der Waals surface area contributed by atoms with Gasteiger partial charge in [0.25, 0.3) is 0 Å². The Labute approximate surface area is 116 Å². The third kappa shape index (κ3) is 5.61. The lowest BCUT2D eigenvalue weighted by atomic mass is 10.0. The van der Waals surface area contributed by atoms with Crippen molar-refractivity contribution in [2.24, 2.45) is 0 Å². The predicted molar refractivity (Wildman–Crippen MR) is 71.4 cm³/mol. The standard InChI is InChI=1S/C14H19F3N2O/c1-9-4-5-12(10(2)6-9)11(3)18-7-13(20)19-8-14(15,16)17/h4-6,11,18H,7-8H2,1-3H3,(H,19,20)/t11-/m1/s1. The first-order valence-electron chi connectivity index (χ1n) is 6.33. The highest BCUT2D eigenvalue weighted by Crippen LogP contribution is 2.18. The molecule has 0 saturated carbocycles. The molecule has 0 spiro atoms. The van der Waals surface area contributed by atoms with E-state index in [4.69, 9.17) is 0 Å². The van der Waals surface area contributed by atoms with E-state index in [1.54, 1.807) is 0 Å². The molecule has 1 rings (SSSR count). The number of hydrogen-bond acceptors (Lipinski definition) is 2. The molecule has 0 saturated heterocycles. The number of alkyl halides is 3. The Kier molecular flexibility index (Phi) is 5.56. The van der Waals surface area contributed by atoms with E-state index in [2.05, 4.69) is 5.32 Å². The Morgan fingerprint density at radius 1 is 1.30 bits per heavy atom. The summed E-state index contributed by atoms with van der Waals surface area (Å²) < 4.78 is 35.8. The van der Waals surface area contributed by atoms with Gasteiger partial charge in [0.05, 0.1) is 6.54 Å². The Bertz CT molecular complexity index is 472. The van der Waals surface area contributed by atoms with Gasteiger partial charge in [-0.15, -0.1) is 0 Å². The highest BCUT2D eigenvalue weighted by molar-refractivity contribution is 5.78. The number of carbonyl (C=O) groups is 1. The summed E-state index contributed by atoms with van der Waals surface area (Å²) in [4.78, 5) is 11.3. The molecule has 0 aliphatic heterocycles. The first-order valence-corrected chi connectivity index (χ1v) is 6.33. The third-order valence-corrected chi connectivity index (χ3v) is 2.95. The van der Waals surface area contributed by atoms with Crippen molar-refractivity contribution in [2.45, 2.75) is 33.0 Å². The van der Waals surface area contributed by atoms with Crippen LogP contribution in [0.15, 0.2) is 18.2 Å². The lowest BCUT2D eigenvalue weighted by Gasteiger charge is -2.17. The number of benzene rings is 1. The molecular formula is C14H19F3N2O. The molecule has 1 atom stereocenters.